The standard InChI is InChI=1S/C26H20N4O3/c1-29(26(33)18-12-13-21-22(14-18)25(32)27-24(21)31)15-19-16-30(20-10-6-3-7-11-20)28-23(19)17-8-4-2-5-9-17/h2-14,16H,15H2,1H3,(H,27,31,32). The lowest BCUT2D eigenvalue weighted by Gasteiger charge is -2.17. The molecule has 0 unspecified atom stereocenters. The third-order valence-corrected chi connectivity index (χ3v) is 5.60. The number of nitrogens with one attached hydrogen (secondary N) is 1. The number of hydrogen-bond acceptors (Lipinski definition) is 4. The molecule has 1 N–H and O–H groups in total. The van der Waals surface area contributed by atoms with E-state index in [9.17, 15) is 14.4 Å². The van der Waals surface area contributed by atoms with Crippen molar-refractivity contribution < 1.29 is 14.4 Å². The largest absolute Gasteiger partial charge is 0.337 e. The second kappa shape index (κ2) is 8.20. The van der Waals surface area contributed by atoms with E-state index in [0.717, 1.165) is 22.5 Å². The van der Waals surface area contributed by atoms with E-state index in [2.05, 4.69) is 5.32 Å². The first kappa shape index (κ1) is 20.4. The molecular weight excluding hydrogens is 416 g/mol. The van der Waals surface area contributed by atoms with Crippen LogP contribution in [0.15, 0.2) is 85.1 Å². The fourth-order valence-electron chi connectivity index (χ4n) is 3.93. The van der Waals surface area contributed by atoms with E-state index in [4.69, 9.17) is 5.10 Å². The maximum atomic E-state index is 13.1. The van der Waals surface area contributed by atoms with Gasteiger partial charge in [0.15, 0.2) is 0 Å². The monoisotopic (exact) mass is 436 g/mol. The van der Waals surface area contributed by atoms with Crippen molar-refractivity contribution in [2.24, 2.45) is 0 Å². The molecule has 0 saturated carbocycles. The topological polar surface area (TPSA) is 84.3 Å². The molecule has 0 fully saturated rings. The lowest BCUT2D eigenvalue weighted by atomic mass is 10.0. The molecule has 162 valence electrons. The van der Waals surface area contributed by atoms with Gasteiger partial charge in [0.05, 0.1) is 22.5 Å². The van der Waals surface area contributed by atoms with E-state index >= 15 is 0 Å². The molecule has 0 spiro atoms. The van der Waals surface area contributed by atoms with E-state index in [-0.39, 0.29) is 17.0 Å². The van der Waals surface area contributed by atoms with E-state index in [1.807, 2.05) is 66.9 Å². The highest BCUT2D eigenvalue weighted by atomic mass is 16.2. The van der Waals surface area contributed by atoms with Crippen LogP contribution in [0.2, 0.25) is 0 Å². The van der Waals surface area contributed by atoms with E-state index in [0.29, 0.717) is 12.1 Å². The summed E-state index contributed by atoms with van der Waals surface area (Å²) in [6.07, 6.45) is 1.93. The minimum absolute atomic E-state index is 0.223. The van der Waals surface area contributed by atoms with Gasteiger partial charge < -0.3 is 4.90 Å². The van der Waals surface area contributed by atoms with Gasteiger partial charge in [-0.3, -0.25) is 19.7 Å². The summed E-state index contributed by atoms with van der Waals surface area (Å²) in [6.45, 7) is 0.318. The van der Waals surface area contributed by atoms with Gasteiger partial charge in [0, 0.05) is 36.5 Å². The van der Waals surface area contributed by atoms with Gasteiger partial charge in [0.2, 0.25) is 0 Å². The van der Waals surface area contributed by atoms with Crippen molar-refractivity contribution in [1.29, 1.82) is 0 Å². The molecule has 7 heteroatoms. The third-order valence-electron chi connectivity index (χ3n) is 5.60. The molecule has 0 atom stereocenters. The van der Waals surface area contributed by atoms with Gasteiger partial charge in [0.25, 0.3) is 17.7 Å². The Labute approximate surface area is 190 Å². The predicted octanol–water partition coefficient (Wildman–Crippen LogP) is 3.70. The SMILES string of the molecule is CN(Cc1cn(-c2ccccc2)nc1-c1ccccc1)C(=O)c1ccc2c(c1)C(=O)NC2=O. The van der Waals surface area contributed by atoms with Gasteiger partial charge in [-0.25, -0.2) is 4.68 Å². The number of carbonyl (C=O) groups is 3. The summed E-state index contributed by atoms with van der Waals surface area (Å²) in [7, 11) is 1.70. The molecule has 1 aliphatic heterocycles. The first-order valence-electron chi connectivity index (χ1n) is 10.5. The summed E-state index contributed by atoms with van der Waals surface area (Å²) in [5.74, 6) is -1.18. The Morgan fingerprint density at radius 1 is 0.909 bits per heavy atom. The zero-order valence-corrected chi connectivity index (χ0v) is 17.9. The van der Waals surface area contributed by atoms with Crippen molar-refractivity contribution in [2.45, 2.75) is 6.54 Å². The van der Waals surface area contributed by atoms with E-state index in [1.165, 1.54) is 12.1 Å². The Morgan fingerprint density at radius 2 is 1.58 bits per heavy atom. The highest BCUT2D eigenvalue weighted by Gasteiger charge is 2.28. The van der Waals surface area contributed by atoms with Crippen molar-refractivity contribution in [1.82, 2.24) is 20.0 Å². The molecule has 5 rings (SSSR count). The number of hydrogen-bond donors (Lipinski definition) is 1. The number of nitrogens with zero attached hydrogens (tertiary/aromatic N) is 3. The summed E-state index contributed by atoms with van der Waals surface area (Å²) < 4.78 is 1.81. The van der Waals surface area contributed by atoms with Crippen LogP contribution in [0.5, 0.6) is 0 Å². The molecule has 1 aliphatic rings. The van der Waals surface area contributed by atoms with Gasteiger partial charge >= 0.3 is 0 Å². The van der Waals surface area contributed by atoms with Gasteiger partial charge in [-0.05, 0) is 30.3 Å². The Bertz CT molecular complexity index is 1380. The first-order chi connectivity index (χ1) is 16.0. The Hall–Kier alpha value is -4.52. The molecule has 3 aromatic carbocycles. The number of carbonyl (C=O) groups excluding carboxylic acids is 3. The van der Waals surface area contributed by atoms with Crippen LogP contribution in [0.25, 0.3) is 16.9 Å². The van der Waals surface area contributed by atoms with Crippen LogP contribution in [-0.2, 0) is 6.54 Å². The maximum Gasteiger partial charge on any atom is 0.258 e. The van der Waals surface area contributed by atoms with Crippen LogP contribution in [0, 0.1) is 0 Å². The van der Waals surface area contributed by atoms with Crippen molar-refractivity contribution in [3.8, 4) is 16.9 Å². The average Bonchev–Trinajstić information content (AvgIpc) is 3.40. The third kappa shape index (κ3) is 3.80. The number of benzene rings is 3. The summed E-state index contributed by atoms with van der Waals surface area (Å²) in [4.78, 5) is 38.5. The predicted molar refractivity (Wildman–Crippen MR) is 123 cm³/mol. The molecule has 0 radical (unpaired) electrons. The Balaban J connectivity index is 1.46. The summed E-state index contributed by atoms with van der Waals surface area (Å²) in [5, 5.41) is 7.04. The quantitative estimate of drug-likeness (QED) is 0.484. The highest BCUT2D eigenvalue weighted by molar-refractivity contribution is 6.22. The molecule has 2 heterocycles. The number of para-hydroxylation sites is 1. The molecule has 0 bridgehead atoms. The molecule has 4 aromatic rings. The normalized spacial score (nSPS) is 12.4. The van der Waals surface area contributed by atoms with Crippen molar-refractivity contribution in [3.63, 3.8) is 0 Å². The second-order valence-corrected chi connectivity index (χ2v) is 7.85. The molecule has 1 aromatic heterocycles. The van der Waals surface area contributed by atoms with Gasteiger partial charge in [-0.2, -0.15) is 5.10 Å². The Kier molecular flexibility index (Phi) is 5.06. The zero-order chi connectivity index (χ0) is 22.9. The number of imide groups is 1. The first-order valence-corrected chi connectivity index (χ1v) is 10.5. The summed E-state index contributed by atoms with van der Waals surface area (Å²) in [5.41, 5.74) is 4.40. The van der Waals surface area contributed by atoms with Gasteiger partial charge in [0.1, 0.15) is 0 Å². The summed E-state index contributed by atoms with van der Waals surface area (Å²) in [6, 6.07) is 24.2. The van der Waals surface area contributed by atoms with Crippen LogP contribution in [0.3, 0.4) is 0 Å². The van der Waals surface area contributed by atoms with E-state index in [1.54, 1.807) is 22.7 Å². The lowest BCUT2D eigenvalue weighted by molar-refractivity contribution is 0.0784. The minimum atomic E-state index is -0.484. The highest BCUT2D eigenvalue weighted by Crippen LogP contribution is 2.25. The number of rotatable bonds is 5. The molecule has 7 nitrogen and oxygen atoms in total. The molecular formula is C26H20N4O3. The lowest BCUT2D eigenvalue weighted by Crippen LogP contribution is -2.26. The van der Waals surface area contributed by atoms with Crippen LogP contribution >= 0.6 is 0 Å². The van der Waals surface area contributed by atoms with Gasteiger partial charge in [-0.1, -0.05) is 48.5 Å². The number of amides is 3. The Morgan fingerprint density at radius 3 is 2.30 bits per heavy atom. The van der Waals surface area contributed by atoms with Crippen molar-refractivity contribution in [3.05, 3.63) is 107 Å². The van der Waals surface area contributed by atoms with Crippen LogP contribution in [0.4, 0.5) is 0 Å². The van der Waals surface area contributed by atoms with Crippen LogP contribution in [-0.4, -0.2) is 39.4 Å². The number of aromatic nitrogens is 2. The van der Waals surface area contributed by atoms with Crippen molar-refractivity contribution >= 4 is 17.7 Å². The minimum Gasteiger partial charge on any atom is -0.337 e. The average molecular weight is 436 g/mol. The zero-order valence-electron chi connectivity index (χ0n) is 17.9. The maximum absolute atomic E-state index is 13.1. The second-order valence-electron chi connectivity index (χ2n) is 7.85. The molecule has 3 amide bonds. The molecule has 33 heavy (non-hydrogen) atoms. The van der Waals surface area contributed by atoms with Gasteiger partial charge in [-0.15, -0.1) is 0 Å². The fraction of sp³-hybridized carbons (Fsp3) is 0.0769. The van der Waals surface area contributed by atoms with Crippen LogP contribution in [0.1, 0.15) is 36.6 Å². The molecule has 0 saturated heterocycles. The van der Waals surface area contributed by atoms with Crippen LogP contribution < -0.4 is 5.32 Å². The fourth-order valence-corrected chi connectivity index (χ4v) is 3.93. The smallest absolute Gasteiger partial charge is 0.258 e. The number of fused-ring (bicyclic) bond motifs is 1. The van der Waals surface area contributed by atoms with E-state index < -0.39 is 11.8 Å². The molecule has 0 aliphatic carbocycles. The van der Waals surface area contributed by atoms with Crippen molar-refractivity contribution in [2.75, 3.05) is 7.05 Å². The summed E-state index contributed by atoms with van der Waals surface area (Å²) >= 11 is 0.